The number of nitrogens with one attached hydrogen (secondary N) is 1. The van der Waals surface area contributed by atoms with Crippen molar-refractivity contribution in [1.29, 1.82) is 0 Å². The van der Waals surface area contributed by atoms with Gasteiger partial charge >= 0.3 is 25.9 Å². The van der Waals surface area contributed by atoms with Gasteiger partial charge in [0, 0.05) is 12.8 Å². The lowest BCUT2D eigenvalue weighted by Crippen LogP contribution is -2.17. The van der Waals surface area contributed by atoms with Gasteiger partial charge in [0.2, 0.25) is 5.91 Å². The summed E-state index contributed by atoms with van der Waals surface area (Å²) in [6, 6.07) is 2.18. The van der Waals surface area contributed by atoms with Crippen LogP contribution in [0.15, 0.2) is 18.2 Å². The molecule has 0 saturated carbocycles. The van der Waals surface area contributed by atoms with Crippen LogP contribution in [-0.2, 0) is 38.6 Å². The normalized spacial score (nSPS) is 11.8. The average Bonchev–Trinajstić information content (AvgIpc) is 2.75. The minimum absolute atomic E-state index is 0.00718. The SMILES string of the molecule is CCOP(=O)(OCC)OCCCCOC(=O)c1ccc(C(F)(F)F)cc1NC(=O)CCCC(=O)O. The molecule has 0 aliphatic rings. The van der Waals surface area contributed by atoms with Crippen molar-refractivity contribution in [2.75, 3.05) is 31.7 Å². The summed E-state index contributed by atoms with van der Waals surface area (Å²) in [5.74, 6) is -2.83. The zero-order valence-corrected chi connectivity index (χ0v) is 20.3. The second-order valence-electron chi connectivity index (χ2n) is 7.01. The molecule has 0 aliphatic heterocycles. The Balaban J connectivity index is 2.71. The Bertz CT molecular complexity index is 899. The van der Waals surface area contributed by atoms with Gasteiger partial charge in [-0.15, -0.1) is 0 Å². The van der Waals surface area contributed by atoms with Crippen molar-refractivity contribution in [3.05, 3.63) is 29.3 Å². The number of rotatable bonds is 16. The lowest BCUT2D eigenvalue weighted by atomic mass is 10.1. The number of hydrogen-bond acceptors (Lipinski definition) is 8. The standard InChI is InChI=1S/C21H29F3NO9P/c1-3-32-35(30,33-4-2)34-13-6-5-12-31-20(29)16-11-10-15(21(22,23)24)14-17(16)25-18(26)8-7-9-19(27)28/h10-11,14H,3-9,12-13H2,1-2H3,(H,25,26)(H,27,28). The molecule has 0 unspecified atom stereocenters. The molecular weight excluding hydrogens is 498 g/mol. The quantitative estimate of drug-likeness (QED) is 0.172. The zero-order chi connectivity index (χ0) is 26.5. The molecule has 1 rings (SSSR count). The lowest BCUT2D eigenvalue weighted by molar-refractivity contribution is -0.138. The lowest BCUT2D eigenvalue weighted by Gasteiger charge is -2.16. The number of carbonyl (C=O) groups is 3. The van der Waals surface area contributed by atoms with Crippen LogP contribution in [0.1, 0.15) is 61.9 Å². The molecule has 0 spiro atoms. The zero-order valence-electron chi connectivity index (χ0n) is 19.4. The van der Waals surface area contributed by atoms with Crippen LogP contribution in [0.25, 0.3) is 0 Å². The van der Waals surface area contributed by atoms with E-state index in [2.05, 4.69) is 5.32 Å². The molecule has 1 amide bonds. The van der Waals surface area contributed by atoms with E-state index < -0.39 is 43.1 Å². The predicted octanol–water partition coefficient (Wildman–Crippen LogP) is 5.03. The maximum atomic E-state index is 13.1. The number of alkyl halides is 3. The maximum Gasteiger partial charge on any atom is 0.474 e. The van der Waals surface area contributed by atoms with Gasteiger partial charge in [0.1, 0.15) is 0 Å². The van der Waals surface area contributed by atoms with E-state index in [1.54, 1.807) is 13.8 Å². The van der Waals surface area contributed by atoms with Crippen LogP contribution in [0.3, 0.4) is 0 Å². The molecule has 0 aliphatic carbocycles. The van der Waals surface area contributed by atoms with E-state index >= 15 is 0 Å². The maximum absolute atomic E-state index is 13.1. The van der Waals surface area contributed by atoms with Crippen LogP contribution >= 0.6 is 7.82 Å². The second kappa shape index (κ2) is 14.8. The topological polar surface area (TPSA) is 137 Å². The summed E-state index contributed by atoms with van der Waals surface area (Å²) in [6.07, 6.45) is -4.70. The van der Waals surface area contributed by atoms with E-state index in [0.717, 1.165) is 6.07 Å². The average molecular weight is 527 g/mol. The first-order chi connectivity index (χ1) is 16.4. The van der Waals surface area contributed by atoms with Gasteiger partial charge in [-0.1, -0.05) is 0 Å². The second-order valence-corrected chi connectivity index (χ2v) is 8.68. The summed E-state index contributed by atoms with van der Waals surface area (Å²) in [5, 5.41) is 10.8. The molecule has 10 nitrogen and oxygen atoms in total. The third-order valence-corrected chi connectivity index (χ3v) is 5.88. The number of halogens is 3. The number of carboxylic acid groups (broad SMARTS) is 1. The monoisotopic (exact) mass is 527 g/mol. The van der Waals surface area contributed by atoms with Gasteiger partial charge < -0.3 is 15.2 Å². The molecular formula is C21H29F3NO9P. The van der Waals surface area contributed by atoms with E-state index in [1.807, 2.05) is 0 Å². The first-order valence-electron chi connectivity index (χ1n) is 10.9. The number of carbonyl (C=O) groups excluding carboxylic acids is 2. The number of ether oxygens (including phenoxy) is 1. The number of phosphoric acid groups is 1. The molecule has 0 bridgehead atoms. The van der Waals surface area contributed by atoms with Crippen molar-refractivity contribution in [2.45, 2.75) is 52.1 Å². The Morgan fingerprint density at radius 1 is 0.971 bits per heavy atom. The fourth-order valence-corrected chi connectivity index (χ4v) is 3.87. The van der Waals surface area contributed by atoms with E-state index in [4.69, 9.17) is 23.4 Å². The van der Waals surface area contributed by atoms with Crippen molar-refractivity contribution < 1.29 is 55.5 Å². The highest BCUT2D eigenvalue weighted by atomic mass is 31.2. The highest BCUT2D eigenvalue weighted by Crippen LogP contribution is 2.49. The molecule has 198 valence electrons. The van der Waals surface area contributed by atoms with Gasteiger partial charge in [0.15, 0.2) is 0 Å². The summed E-state index contributed by atoms with van der Waals surface area (Å²) >= 11 is 0. The third kappa shape index (κ3) is 11.7. The Kier molecular flexibility index (Phi) is 12.9. The van der Waals surface area contributed by atoms with E-state index in [0.29, 0.717) is 18.6 Å². The number of hydrogen-bond donors (Lipinski definition) is 2. The summed E-state index contributed by atoms with van der Waals surface area (Å²) < 4.78 is 71.6. The summed E-state index contributed by atoms with van der Waals surface area (Å²) in [5.41, 5.74) is -1.78. The minimum atomic E-state index is -4.71. The van der Waals surface area contributed by atoms with Gasteiger partial charge in [0.25, 0.3) is 0 Å². The number of amides is 1. The Morgan fingerprint density at radius 2 is 1.60 bits per heavy atom. The van der Waals surface area contributed by atoms with E-state index in [9.17, 15) is 32.1 Å². The molecule has 1 aromatic rings. The summed E-state index contributed by atoms with van der Waals surface area (Å²) in [4.78, 5) is 35.0. The molecule has 2 N–H and O–H groups in total. The molecule has 0 radical (unpaired) electrons. The molecule has 0 heterocycles. The number of carboxylic acids is 1. The number of benzene rings is 1. The molecule has 35 heavy (non-hydrogen) atoms. The molecule has 0 atom stereocenters. The number of unbranched alkanes of at least 4 members (excludes halogenated alkanes) is 1. The van der Waals surface area contributed by atoms with Crippen molar-refractivity contribution >= 4 is 31.4 Å². The van der Waals surface area contributed by atoms with Crippen molar-refractivity contribution in [2.24, 2.45) is 0 Å². The van der Waals surface area contributed by atoms with E-state index in [-0.39, 0.29) is 57.7 Å². The first-order valence-corrected chi connectivity index (χ1v) is 12.3. The molecule has 14 heteroatoms. The highest BCUT2D eigenvalue weighted by molar-refractivity contribution is 7.48. The van der Waals surface area contributed by atoms with Crippen LogP contribution in [0.5, 0.6) is 0 Å². The van der Waals surface area contributed by atoms with Crippen LogP contribution in [-0.4, -0.2) is 49.4 Å². The van der Waals surface area contributed by atoms with Crippen LogP contribution < -0.4 is 5.32 Å². The fourth-order valence-electron chi connectivity index (χ4n) is 2.67. The number of aliphatic carboxylic acids is 1. The van der Waals surface area contributed by atoms with Crippen molar-refractivity contribution in [3.63, 3.8) is 0 Å². The van der Waals surface area contributed by atoms with Crippen molar-refractivity contribution in [1.82, 2.24) is 0 Å². The Morgan fingerprint density at radius 3 is 2.17 bits per heavy atom. The molecule has 0 fully saturated rings. The minimum Gasteiger partial charge on any atom is -0.481 e. The van der Waals surface area contributed by atoms with Crippen LogP contribution in [0.4, 0.5) is 18.9 Å². The van der Waals surface area contributed by atoms with Gasteiger partial charge in [-0.3, -0.25) is 23.2 Å². The molecule has 0 aromatic heterocycles. The molecule has 0 saturated heterocycles. The van der Waals surface area contributed by atoms with E-state index in [1.165, 1.54) is 0 Å². The van der Waals surface area contributed by atoms with Crippen molar-refractivity contribution in [3.8, 4) is 0 Å². The highest BCUT2D eigenvalue weighted by Gasteiger charge is 2.32. The summed E-state index contributed by atoms with van der Waals surface area (Å²) in [6.45, 7) is 3.38. The predicted molar refractivity (Wildman–Crippen MR) is 118 cm³/mol. The Hall–Kier alpha value is -2.47. The number of phosphoric ester groups is 1. The largest absolute Gasteiger partial charge is 0.481 e. The molecule has 1 aromatic carbocycles. The van der Waals surface area contributed by atoms with Crippen LogP contribution in [0.2, 0.25) is 0 Å². The Labute approximate surface area is 200 Å². The van der Waals surface area contributed by atoms with Gasteiger partial charge in [-0.05, 0) is 51.3 Å². The number of anilines is 1. The number of esters is 1. The fraction of sp³-hybridized carbons (Fsp3) is 0.571. The smallest absolute Gasteiger partial charge is 0.474 e. The summed E-state index contributed by atoms with van der Waals surface area (Å²) in [7, 11) is -3.66. The van der Waals surface area contributed by atoms with Gasteiger partial charge in [-0.25, -0.2) is 9.36 Å². The third-order valence-electron chi connectivity index (χ3n) is 4.23. The first kappa shape index (κ1) is 30.6. The van der Waals surface area contributed by atoms with Crippen LogP contribution in [0, 0.1) is 0 Å². The van der Waals surface area contributed by atoms with Gasteiger partial charge in [0.05, 0.1) is 43.2 Å². The van der Waals surface area contributed by atoms with Gasteiger partial charge in [-0.2, -0.15) is 13.2 Å².